The normalized spacial score (nSPS) is 12.8. The largest absolute Gasteiger partial charge is 0.249 e. The highest BCUT2D eigenvalue weighted by Gasteiger charge is 2.21. The summed E-state index contributed by atoms with van der Waals surface area (Å²) < 4.78 is 47.1. The first-order valence-electron chi connectivity index (χ1n) is 4.54. The van der Waals surface area contributed by atoms with Crippen LogP contribution >= 0.6 is 10.7 Å². The molecule has 0 bridgehead atoms. The standard InChI is InChI=1S/C10H11ClF2O2S/c1-10(12,13)6-8-3-2-4-9(5-8)7-16(11,14)15/h2-5H,6-7H2,1H3. The third-order valence-corrected chi connectivity index (χ3v) is 2.85. The maximum absolute atomic E-state index is 12.7. The second-order valence-corrected chi connectivity index (χ2v) is 6.53. The van der Waals surface area contributed by atoms with Gasteiger partial charge in [0.25, 0.3) is 0 Å². The van der Waals surface area contributed by atoms with E-state index < -0.39 is 21.4 Å². The van der Waals surface area contributed by atoms with Crippen molar-refractivity contribution in [3.8, 4) is 0 Å². The van der Waals surface area contributed by atoms with Crippen LogP contribution in [-0.2, 0) is 21.2 Å². The number of halogens is 3. The minimum Gasteiger partial charge on any atom is -0.212 e. The number of benzene rings is 1. The Balaban J connectivity index is 2.88. The van der Waals surface area contributed by atoms with Gasteiger partial charge >= 0.3 is 0 Å². The summed E-state index contributed by atoms with van der Waals surface area (Å²) in [5.74, 6) is -3.16. The topological polar surface area (TPSA) is 34.1 Å². The van der Waals surface area contributed by atoms with Gasteiger partial charge in [-0.1, -0.05) is 24.3 Å². The van der Waals surface area contributed by atoms with Crippen molar-refractivity contribution >= 4 is 19.7 Å². The lowest BCUT2D eigenvalue weighted by molar-refractivity contribution is 0.0226. The molecule has 16 heavy (non-hydrogen) atoms. The van der Waals surface area contributed by atoms with Crippen molar-refractivity contribution in [3.63, 3.8) is 0 Å². The molecule has 0 aromatic heterocycles. The lowest BCUT2D eigenvalue weighted by Gasteiger charge is -2.10. The van der Waals surface area contributed by atoms with Crippen molar-refractivity contribution in [1.82, 2.24) is 0 Å². The van der Waals surface area contributed by atoms with Crippen LogP contribution in [0.25, 0.3) is 0 Å². The first-order chi connectivity index (χ1) is 7.16. The molecule has 0 unspecified atom stereocenters. The lowest BCUT2D eigenvalue weighted by atomic mass is 10.1. The monoisotopic (exact) mass is 268 g/mol. The molecule has 1 aromatic carbocycles. The van der Waals surface area contributed by atoms with Crippen LogP contribution in [0.3, 0.4) is 0 Å². The van der Waals surface area contributed by atoms with E-state index in [0.29, 0.717) is 11.1 Å². The second-order valence-electron chi connectivity index (χ2n) is 3.75. The Morgan fingerprint density at radius 1 is 1.31 bits per heavy atom. The molecule has 1 rings (SSSR count). The molecule has 6 heteroatoms. The molecular formula is C10H11ClF2O2S. The summed E-state index contributed by atoms with van der Waals surface area (Å²) in [5, 5.41) is 0. The van der Waals surface area contributed by atoms with Crippen LogP contribution in [0, 0.1) is 0 Å². The molecule has 0 aliphatic carbocycles. The molecule has 0 atom stereocenters. The highest BCUT2D eigenvalue weighted by molar-refractivity contribution is 8.13. The van der Waals surface area contributed by atoms with Gasteiger partial charge in [-0.05, 0) is 18.1 Å². The predicted molar refractivity (Wildman–Crippen MR) is 59.2 cm³/mol. The third kappa shape index (κ3) is 5.42. The van der Waals surface area contributed by atoms with Gasteiger partial charge in [-0.3, -0.25) is 0 Å². The molecule has 0 saturated carbocycles. The van der Waals surface area contributed by atoms with Gasteiger partial charge in [0.15, 0.2) is 0 Å². The molecule has 0 aliphatic rings. The molecule has 90 valence electrons. The van der Waals surface area contributed by atoms with E-state index in [2.05, 4.69) is 0 Å². The van der Waals surface area contributed by atoms with Gasteiger partial charge in [0.2, 0.25) is 15.0 Å². The van der Waals surface area contributed by atoms with Crippen LogP contribution in [0.15, 0.2) is 24.3 Å². The first-order valence-corrected chi connectivity index (χ1v) is 7.01. The molecule has 0 N–H and O–H groups in total. The highest BCUT2D eigenvalue weighted by atomic mass is 35.7. The van der Waals surface area contributed by atoms with Gasteiger partial charge in [0.1, 0.15) is 0 Å². The third-order valence-electron chi connectivity index (χ3n) is 1.84. The fourth-order valence-electron chi connectivity index (χ4n) is 1.39. The molecule has 0 aliphatic heterocycles. The quantitative estimate of drug-likeness (QED) is 0.787. The number of alkyl halides is 2. The summed E-state index contributed by atoms with van der Waals surface area (Å²) in [5.41, 5.74) is 0.807. The van der Waals surface area contributed by atoms with Gasteiger partial charge in [-0.2, -0.15) is 0 Å². The average Bonchev–Trinajstić information content (AvgIpc) is 1.96. The van der Waals surface area contributed by atoms with E-state index in [1.54, 1.807) is 6.07 Å². The Kier molecular flexibility index (Phi) is 3.91. The van der Waals surface area contributed by atoms with Crippen LogP contribution in [0.2, 0.25) is 0 Å². The second kappa shape index (κ2) is 4.67. The van der Waals surface area contributed by atoms with Gasteiger partial charge in [0, 0.05) is 17.1 Å². The Hall–Kier alpha value is -0.680. The predicted octanol–water partition coefficient (Wildman–Crippen LogP) is 2.95. The van der Waals surface area contributed by atoms with Crippen LogP contribution < -0.4 is 0 Å². The van der Waals surface area contributed by atoms with E-state index in [9.17, 15) is 17.2 Å². The summed E-state index contributed by atoms with van der Waals surface area (Å²) in [7, 11) is 1.42. The van der Waals surface area contributed by atoms with E-state index in [-0.39, 0.29) is 5.75 Å². The average molecular weight is 269 g/mol. The maximum atomic E-state index is 12.7. The fraction of sp³-hybridized carbons (Fsp3) is 0.400. The molecular weight excluding hydrogens is 258 g/mol. The SMILES string of the molecule is CC(F)(F)Cc1cccc(CS(=O)(=O)Cl)c1. The van der Waals surface area contributed by atoms with E-state index in [1.807, 2.05) is 0 Å². The van der Waals surface area contributed by atoms with Gasteiger partial charge in [-0.15, -0.1) is 0 Å². The summed E-state index contributed by atoms with van der Waals surface area (Å²) in [4.78, 5) is 0. The Morgan fingerprint density at radius 3 is 2.38 bits per heavy atom. The van der Waals surface area contributed by atoms with E-state index in [1.165, 1.54) is 18.2 Å². The highest BCUT2D eigenvalue weighted by Crippen LogP contribution is 2.20. The van der Waals surface area contributed by atoms with Gasteiger partial charge in [0.05, 0.1) is 5.75 Å². The van der Waals surface area contributed by atoms with E-state index in [0.717, 1.165) is 6.92 Å². The Labute approximate surface area is 97.7 Å². The molecule has 2 nitrogen and oxygen atoms in total. The minimum atomic E-state index is -3.65. The molecule has 1 aromatic rings. The Morgan fingerprint density at radius 2 is 1.88 bits per heavy atom. The zero-order valence-corrected chi connectivity index (χ0v) is 10.2. The smallest absolute Gasteiger partial charge is 0.212 e. The maximum Gasteiger partial charge on any atom is 0.249 e. The number of hydrogen-bond acceptors (Lipinski definition) is 2. The van der Waals surface area contributed by atoms with Crippen LogP contribution in [0.5, 0.6) is 0 Å². The summed E-state index contributed by atoms with van der Waals surface area (Å²) in [6.07, 6.45) is -0.414. The number of hydrogen-bond donors (Lipinski definition) is 0. The summed E-state index contributed by atoms with van der Waals surface area (Å²) >= 11 is 0. The van der Waals surface area contributed by atoms with Crippen molar-refractivity contribution in [2.24, 2.45) is 0 Å². The molecule has 0 amide bonds. The lowest BCUT2D eigenvalue weighted by Crippen LogP contribution is -2.13. The Bertz CT molecular complexity index is 466. The molecule has 0 spiro atoms. The molecule has 0 radical (unpaired) electrons. The van der Waals surface area contributed by atoms with E-state index >= 15 is 0 Å². The van der Waals surface area contributed by atoms with Crippen molar-refractivity contribution in [1.29, 1.82) is 0 Å². The van der Waals surface area contributed by atoms with Crippen molar-refractivity contribution in [2.45, 2.75) is 25.0 Å². The van der Waals surface area contributed by atoms with Gasteiger partial charge < -0.3 is 0 Å². The van der Waals surface area contributed by atoms with Crippen molar-refractivity contribution in [2.75, 3.05) is 0 Å². The fourth-order valence-corrected chi connectivity index (χ4v) is 2.34. The molecule has 0 fully saturated rings. The summed E-state index contributed by atoms with van der Waals surface area (Å²) in [6.45, 7) is 0.817. The van der Waals surface area contributed by atoms with Gasteiger partial charge in [-0.25, -0.2) is 17.2 Å². The van der Waals surface area contributed by atoms with Crippen molar-refractivity contribution in [3.05, 3.63) is 35.4 Å². The summed E-state index contributed by atoms with van der Waals surface area (Å²) in [6, 6.07) is 6.04. The van der Waals surface area contributed by atoms with Crippen LogP contribution in [0.4, 0.5) is 8.78 Å². The minimum absolute atomic E-state index is 0.350. The van der Waals surface area contributed by atoms with Crippen LogP contribution in [0.1, 0.15) is 18.1 Å². The number of rotatable bonds is 4. The van der Waals surface area contributed by atoms with E-state index in [4.69, 9.17) is 10.7 Å². The molecule has 0 heterocycles. The van der Waals surface area contributed by atoms with Crippen LogP contribution in [-0.4, -0.2) is 14.3 Å². The first kappa shape index (κ1) is 13.4. The van der Waals surface area contributed by atoms with Crippen molar-refractivity contribution < 1.29 is 17.2 Å². The molecule has 0 saturated heterocycles. The zero-order chi connectivity index (χ0) is 12.4. The zero-order valence-electron chi connectivity index (χ0n) is 8.58.